The van der Waals surface area contributed by atoms with Crippen molar-refractivity contribution in [3.05, 3.63) is 54.1 Å². The Bertz CT molecular complexity index is 990. The quantitative estimate of drug-likeness (QED) is 0.151. The summed E-state index contributed by atoms with van der Waals surface area (Å²) in [6.45, 7) is -0.766. The average molecular weight is 521 g/mol. The molecule has 0 saturated carbocycles. The van der Waals surface area contributed by atoms with Crippen LogP contribution in [0.2, 0.25) is 0 Å². The minimum Gasteiger partial charge on any atom is -0.480 e. The summed E-state index contributed by atoms with van der Waals surface area (Å²) in [5.41, 5.74) is 7.30. The van der Waals surface area contributed by atoms with Gasteiger partial charge in [-0.3, -0.25) is 14.4 Å². The van der Waals surface area contributed by atoms with Gasteiger partial charge in [-0.25, -0.2) is 9.78 Å². The van der Waals surface area contributed by atoms with E-state index in [4.69, 9.17) is 5.73 Å². The highest BCUT2D eigenvalue weighted by molar-refractivity contribution is 7.98. The van der Waals surface area contributed by atoms with Gasteiger partial charge in [-0.15, -0.1) is 0 Å². The van der Waals surface area contributed by atoms with Crippen molar-refractivity contribution in [1.82, 2.24) is 25.9 Å². The second-order valence-corrected chi connectivity index (χ2v) is 9.05. The largest absolute Gasteiger partial charge is 0.480 e. The number of carboxylic acids is 1. The first kappa shape index (κ1) is 28.8. The number of hydrogen-bond acceptors (Lipinski definition) is 8. The molecule has 0 spiro atoms. The summed E-state index contributed by atoms with van der Waals surface area (Å²) >= 11 is 1.46. The Labute approximate surface area is 212 Å². The number of aliphatic hydroxyl groups is 1. The summed E-state index contributed by atoms with van der Waals surface area (Å²) in [4.78, 5) is 56.6. The van der Waals surface area contributed by atoms with Crippen LogP contribution in [0.4, 0.5) is 0 Å². The summed E-state index contributed by atoms with van der Waals surface area (Å²) in [6, 6.07) is 4.09. The van der Waals surface area contributed by atoms with Crippen molar-refractivity contribution in [2.45, 2.75) is 43.4 Å². The van der Waals surface area contributed by atoms with Crippen LogP contribution in [0.3, 0.4) is 0 Å². The summed E-state index contributed by atoms with van der Waals surface area (Å²) in [5.74, 6) is -2.85. The lowest BCUT2D eigenvalue weighted by Gasteiger charge is -2.24. The Balaban J connectivity index is 2.01. The van der Waals surface area contributed by atoms with E-state index in [9.17, 15) is 29.4 Å². The second-order valence-electron chi connectivity index (χ2n) is 8.06. The Morgan fingerprint density at radius 2 is 1.64 bits per heavy atom. The van der Waals surface area contributed by atoms with Crippen LogP contribution in [0.5, 0.6) is 0 Å². The number of carboxylic acid groups (broad SMARTS) is 1. The van der Waals surface area contributed by atoms with Gasteiger partial charge < -0.3 is 36.9 Å². The second kappa shape index (κ2) is 14.9. The van der Waals surface area contributed by atoms with Gasteiger partial charge in [-0.05, 0) is 24.0 Å². The third-order valence-corrected chi connectivity index (χ3v) is 5.93. The fraction of sp³-hybridized carbons (Fsp3) is 0.435. The molecule has 3 amide bonds. The van der Waals surface area contributed by atoms with E-state index in [0.29, 0.717) is 17.0 Å². The summed E-state index contributed by atoms with van der Waals surface area (Å²) in [7, 11) is 0. The first-order valence-electron chi connectivity index (χ1n) is 11.3. The molecule has 1 heterocycles. The number of benzene rings is 1. The lowest BCUT2D eigenvalue weighted by molar-refractivity contribution is -0.142. The highest BCUT2D eigenvalue weighted by Gasteiger charge is 2.30. The highest BCUT2D eigenvalue weighted by Crippen LogP contribution is 2.06. The molecule has 0 aliphatic carbocycles. The molecule has 4 unspecified atom stereocenters. The summed E-state index contributed by atoms with van der Waals surface area (Å²) in [6.07, 6.45) is 5.29. The molecule has 0 saturated heterocycles. The van der Waals surface area contributed by atoms with Crippen LogP contribution in [-0.2, 0) is 32.0 Å². The zero-order valence-corrected chi connectivity index (χ0v) is 20.7. The van der Waals surface area contributed by atoms with Crippen LogP contribution >= 0.6 is 11.8 Å². The molecular formula is C23H32N6O6S. The molecule has 1 aromatic heterocycles. The van der Waals surface area contributed by atoms with E-state index in [1.807, 2.05) is 6.26 Å². The SMILES string of the molecule is CSCCC(NC(=O)C(N)Cc1cnc[nH]1)C(=O)NC(CO)C(=O)NC(Cc1ccccc1)C(=O)O. The number of aromatic nitrogens is 2. The number of aliphatic hydroxyl groups excluding tert-OH is 1. The number of nitrogens with two attached hydrogens (primary N) is 1. The van der Waals surface area contributed by atoms with Gasteiger partial charge in [-0.2, -0.15) is 11.8 Å². The van der Waals surface area contributed by atoms with Gasteiger partial charge >= 0.3 is 5.97 Å². The molecule has 12 nitrogen and oxygen atoms in total. The van der Waals surface area contributed by atoms with Gasteiger partial charge in [0.2, 0.25) is 17.7 Å². The predicted molar refractivity (Wildman–Crippen MR) is 134 cm³/mol. The van der Waals surface area contributed by atoms with E-state index in [1.54, 1.807) is 30.3 Å². The number of rotatable bonds is 15. The fourth-order valence-corrected chi connectivity index (χ4v) is 3.77. The zero-order chi connectivity index (χ0) is 26.5. The first-order valence-corrected chi connectivity index (χ1v) is 12.6. The maximum atomic E-state index is 12.9. The smallest absolute Gasteiger partial charge is 0.326 e. The predicted octanol–water partition coefficient (Wildman–Crippen LogP) is -1.19. The van der Waals surface area contributed by atoms with Crippen molar-refractivity contribution in [2.75, 3.05) is 18.6 Å². The number of thioether (sulfide) groups is 1. The molecule has 36 heavy (non-hydrogen) atoms. The highest BCUT2D eigenvalue weighted by atomic mass is 32.2. The van der Waals surface area contributed by atoms with Gasteiger partial charge in [0.15, 0.2) is 0 Å². The Hall–Kier alpha value is -3.42. The first-order chi connectivity index (χ1) is 17.2. The number of imidazole rings is 1. The van der Waals surface area contributed by atoms with Crippen LogP contribution in [0.15, 0.2) is 42.9 Å². The van der Waals surface area contributed by atoms with Crippen molar-refractivity contribution in [3.63, 3.8) is 0 Å². The van der Waals surface area contributed by atoms with E-state index < -0.39 is 54.5 Å². The van der Waals surface area contributed by atoms with E-state index >= 15 is 0 Å². The molecule has 4 atom stereocenters. The van der Waals surface area contributed by atoms with Crippen LogP contribution in [0, 0.1) is 0 Å². The monoisotopic (exact) mass is 520 g/mol. The minimum absolute atomic E-state index is 0.0225. The van der Waals surface area contributed by atoms with Crippen molar-refractivity contribution in [1.29, 1.82) is 0 Å². The number of aliphatic carboxylic acids is 1. The van der Waals surface area contributed by atoms with E-state index in [2.05, 4.69) is 25.9 Å². The molecule has 196 valence electrons. The minimum atomic E-state index is -1.41. The maximum absolute atomic E-state index is 12.9. The van der Waals surface area contributed by atoms with Crippen LogP contribution in [0.1, 0.15) is 17.7 Å². The standard InChI is InChI=1S/C23H32N6O6S/c1-36-8-7-17(27-20(31)16(24)10-15-11-25-13-26-15)21(32)29-19(12-30)22(33)28-18(23(34)35)9-14-5-3-2-4-6-14/h2-6,11,13,16-19,30H,7-10,12,24H2,1H3,(H,25,26)(H,27,31)(H,28,33)(H,29,32)(H,34,35). The fourth-order valence-electron chi connectivity index (χ4n) is 3.30. The number of hydrogen-bond donors (Lipinski definition) is 7. The molecular weight excluding hydrogens is 488 g/mol. The maximum Gasteiger partial charge on any atom is 0.326 e. The summed E-state index contributed by atoms with van der Waals surface area (Å²) in [5, 5.41) is 26.6. The molecule has 0 radical (unpaired) electrons. The van der Waals surface area contributed by atoms with Gasteiger partial charge in [0, 0.05) is 24.7 Å². The molecule has 8 N–H and O–H groups in total. The Morgan fingerprint density at radius 1 is 1.00 bits per heavy atom. The van der Waals surface area contributed by atoms with Crippen molar-refractivity contribution < 1.29 is 29.4 Å². The molecule has 0 aliphatic rings. The van der Waals surface area contributed by atoms with Crippen LogP contribution in [-0.4, -0.2) is 86.7 Å². The lowest BCUT2D eigenvalue weighted by atomic mass is 10.1. The molecule has 1 aromatic carbocycles. The van der Waals surface area contributed by atoms with Crippen LogP contribution < -0.4 is 21.7 Å². The van der Waals surface area contributed by atoms with Gasteiger partial charge in [0.05, 0.1) is 19.0 Å². The number of carbonyl (C=O) groups excluding carboxylic acids is 3. The molecule has 13 heteroatoms. The van der Waals surface area contributed by atoms with Crippen LogP contribution in [0.25, 0.3) is 0 Å². The lowest BCUT2D eigenvalue weighted by Crippen LogP contribution is -2.58. The Morgan fingerprint density at radius 3 is 2.22 bits per heavy atom. The van der Waals surface area contributed by atoms with E-state index in [0.717, 1.165) is 0 Å². The molecule has 2 aromatic rings. The van der Waals surface area contributed by atoms with Crippen molar-refractivity contribution >= 4 is 35.5 Å². The summed E-state index contributed by atoms with van der Waals surface area (Å²) < 4.78 is 0. The molecule has 0 aliphatic heterocycles. The number of nitrogens with one attached hydrogen (secondary N) is 4. The number of H-pyrrole nitrogens is 1. The normalized spacial score (nSPS) is 14.2. The molecule has 0 fully saturated rings. The Kier molecular flexibility index (Phi) is 11.9. The molecule has 2 rings (SSSR count). The van der Waals surface area contributed by atoms with Gasteiger partial charge in [0.25, 0.3) is 0 Å². The average Bonchev–Trinajstić information content (AvgIpc) is 3.37. The van der Waals surface area contributed by atoms with Gasteiger partial charge in [0.1, 0.15) is 18.1 Å². The number of aromatic amines is 1. The van der Waals surface area contributed by atoms with E-state index in [-0.39, 0.29) is 19.3 Å². The van der Waals surface area contributed by atoms with Crippen molar-refractivity contribution in [3.8, 4) is 0 Å². The number of carbonyl (C=O) groups is 4. The zero-order valence-electron chi connectivity index (χ0n) is 19.8. The molecule has 0 bridgehead atoms. The third-order valence-electron chi connectivity index (χ3n) is 5.29. The van der Waals surface area contributed by atoms with Gasteiger partial charge in [-0.1, -0.05) is 30.3 Å². The van der Waals surface area contributed by atoms with E-state index in [1.165, 1.54) is 24.3 Å². The topological polar surface area (TPSA) is 200 Å². The number of nitrogens with zero attached hydrogens (tertiary/aromatic N) is 1. The van der Waals surface area contributed by atoms with Crippen molar-refractivity contribution in [2.24, 2.45) is 5.73 Å². The number of amides is 3. The third kappa shape index (κ3) is 9.32.